The van der Waals surface area contributed by atoms with Crippen LogP contribution in [-0.2, 0) is 4.74 Å². The van der Waals surface area contributed by atoms with E-state index in [1.165, 1.54) is 2.88 Å². The van der Waals surface area contributed by atoms with Crippen molar-refractivity contribution in [1.29, 1.82) is 0 Å². The fourth-order valence-corrected chi connectivity index (χ4v) is 3.52. The van der Waals surface area contributed by atoms with Crippen LogP contribution < -0.4 is 0 Å². The molecule has 2 heterocycles. The van der Waals surface area contributed by atoms with Crippen molar-refractivity contribution in [1.82, 2.24) is 4.98 Å². The number of alkyl halides is 1. The molecule has 0 saturated carbocycles. The van der Waals surface area contributed by atoms with Gasteiger partial charge in [-0.2, -0.15) is 0 Å². The Labute approximate surface area is 110 Å². The summed E-state index contributed by atoms with van der Waals surface area (Å²) in [5, 5.41) is 2.03. The van der Waals surface area contributed by atoms with Gasteiger partial charge in [0.25, 0.3) is 0 Å². The smallest absolute Gasteiger partial charge is 0.123 e. The summed E-state index contributed by atoms with van der Waals surface area (Å²) >= 11 is 7.52. The summed E-state index contributed by atoms with van der Waals surface area (Å²) < 4.78 is 7.23. The first kappa shape index (κ1) is 11.3. The average molecular weight is 388 g/mol. The van der Waals surface area contributed by atoms with Crippen LogP contribution in [0.4, 0.5) is 0 Å². The van der Waals surface area contributed by atoms with Gasteiger partial charge in [-0.3, -0.25) is 0 Å². The van der Waals surface area contributed by atoms with Crippen molar-refractivity contribution in [3.05, 3.63) is 14.1 Å². The Balaban J connectivity index is 2.09. The van der Waals surface area contributed by atoms with E-state index in [1.807, 2.05) is 6.20 Å². The van der Waals surface area contributed by atoms with E-state index >= 15 is 0 Å². The van der Waals surface area contributed by atoms with Crippen molar-refractivity contribution in [3.8, 4) is 0 Å². The number of halogens is 2. The lowest BCUT2D eigenvalue weighted by molar-refractivity contribution is -0.0122. The standard InChI is InChI=1S/C9H11BrINOS/c1-9(5-10)3-2-6(13-9)8-12-4-7(11)14-8/h4,6H,2-3,5H2,1H3. The second-order valence-electron chi connectivity index (χ2n) is 3.73. The number of aromatic nitrogens is 1. The first-order chi connectivity index (χ1) is 6.63. The lowest BCUT2D eigenvalue weighted by atomic mass is 10.1. The second-order valence-corrected chi connectivity index (χ2v) is 7.25. The fourth-order valence-electron chi connectivity index (χ4n) is 1.59. The monoisotopic (exact) mass is 387 g/mol. The normalized spacial score (nSPS) is 32.4. The number of hydrogen-bond donors (Lipinski definition) is 0. The molecule has 2 atom stereocenters. The minimum atomic E-state index is 0.00176. The molecule has 14 heavy (non-hydrogen) atoms. The van der Waals surface area contributed by atoms with Gasteiger partial charge in [0.15, 0.2) is 0 Å². The molecule has 1 saturated heterocycles. The van der Waals surface area contributed by atoms with E-state index in [0.29, 0.717) is 0 Å². The summed E-state index contributed by atoms with van der Waals surface area (Å²) in [7, 11) is 0. The fraction of sp³-hybridized carbons (Fsp3) is 0.667. The number of thiazole rings is 1. The van der Waals surface area contributed by atoms with Crippen molar-refractivity contribution >= 4 is 49.9 Å². The van der Waals surface area contributed by atoms with Crippen LogP contribution in [0.3, 0.4) is 0 Å². The summed E-state index contributed by atoms with van der Waals surface area (Å²) in [6.07, 6.45) is 4.32. The molecule has 1 aliphatic rings. The highest BCUT2D eigenvalue weighted by molar-refractivity contribution is 14.1. The van der Waals surface area contributed by atoms with Gasteiger partial charge >= 0.3 is 0 Å². The molecular formula is C9H11BrINOS. The molecule has 0 radical (unpaired) electrons. The molecule has 78 valence electrons. The Morgan fingerprint density at radius 1 is 1.86 bits per heavy atom. The van der Waals surface area contributed by atoms with E-state index in [0.717, 1.165) is 23.2 Å². The molecule has 2 nitrogen and oxygen atoms in total. The Hall–Kier alpha value is 0.800. The van der Waals surface area contributed by atoms with Gasteiger partial charge in [0, 0.05) is 5.33 Å². The van der Waals surface area contributed by atoms with E-state index < -0.39 is 0 Å². The second kappa shape index (κ2) is 4.35. The Bertz CT molecular complexity index is 332. The van der Waals surface area contributed by atoms with Crippen molar-refractivity contribution in [2.75, 3.05) is 5.33 Å². The molecule has 1 fully saturated rings. The van der Waals surface area contributed by atoms with Crippen molar-refractivity contribution < 1.29 is 4.74 Å². The molecule has 0 aliphatic carbocycles. The van der Waals surface area contributed by atoms with Gasteiger partial charge in [0.1, 0.15) is 11.1 Å². The van der Waals surface area contributed by atoms with Crippen molar-refractivity contribution in [2.45, 2.75) is 31.5 Å². The number of ether oxygens (including phenoxy) is 1. The molecule has 1 aliphatic heterocycles. The Morgan fingerprint density at radius 3 is 3.14 bits per heavy atom. The van der Waals surface area contributed by atoms with Crippen LogP contribution in [0.25, 0.3) is 0 Å². The van der Waals surface area contributed by atoms with E-state index in [4.69, 9.17) is 4.74 Å². The average Bonchev–Trinajstić information content (AvgIpc) is 2.73. The van der Waals surface area contributed by atoms with Gasteiger partial charge in [-0.05, 0) is 42.4 Å². The summed E-state index contributed by atoms with van der Waals surface area (Å²) in [6, 6.07) is 0. The molecule has 1 aromatic heterocycles. The first-order valence-electron chi connectivity index (χ1n) is 4.48. The van der Waals surface area contributed by atoms with Gasteiger partial charge in [0.2, 0.25) is 0 Å². The van der Waals surface area contributed by atoms with Crippen LogP contribution >= 0.6 is 49.9 Å². The van der Waals surface area contributed by atoms with E-state index in [2.05, 4.69) is 50.4 Å². The SMILES string of the molecule is CC1(CBr)CCC(c2ncc(I)s2)O1. The largest absolute Gasteiger partial charge is 0.364 e. The third-order valence-corrected chi connectivity index (χ3v) is 5.42. The predicted molar refractivity (Wildman–Crippen MR) is 70.1 cm³/mol. The van der Waals surface area contributed by atoms with Gasteiger partial charge in [-0.1, -0.05) is 15.9 Å². The van der Waals surface area contributed by atoms with Crippen LogP contribution in [0, 0.1) is 2.88 Å². The topological polar surface area (TPSA) is 22.1 Å². The lowest BCUT2D eigenvalue weighted by Gasteiger charge is -2.21. The Morgan fingerprint density at radius 2 is 2.64 bits per heavy atom. The van der Waals surface area contributed by atoms with Crippen LogP contribution in [0.2, 0.25) is 0 Å². The van der Waals surface area contributed by atoms with E-state index in [1.54, 1.807) is 11.3 Å². The van der Waals surface area contributed by atoms with Gasteiger partial charge in [-0.15, -0.1) is 11.3 Å². The first-order valence-corrected chi connectivity index (χ1v) is 7.50. The van der Waals surface area contributed by atoms with Gasteiger partial charge in [0.05, 0.1) is 14.7 Å². The number of rotatable bonds is 2. The highest BCUT2D eigenvalue weighted by atomic mass is 127. The van der Waals surface area contributed by atoms with E-state index in [9.17, 15) is 0 Å². The molecule has 1 aromatic rings. The molecule has 0 N–H and O–H groups in total. The summed E-state index contributed by atoms with van der Waals surface area (Å²) in [4.78, 5) is 4.37. The highest BCUT2D eigenvalue weighted by Gasteiger charge is 2.36. The molecular weight excluding hydrogens is 377 g/mol. The Kier molecular flexibility index (Phi) is 3.51. The summed E-state index contributed by atoms with van der Waals surface area (Å²) in [5.74, 6) is 0. The van der Waals surface area contributed by atoms with Crippen molar-refractivity contribution in [3.63, 3.8) is 0 Å². The van der Waals surface area contributed by atoms with Crippen LogP contribution in [0.1, 0.15) is 30.9 Å². The summed E-state index contributed by atoms with van der Waals surface area (Å²) in [6.45, 7) is 2.15. The minimum absolute atomic E-state index is 0.00176. The molecule has 0 spiro atoms. The molecule has 2 unspecified atom stereocenters. The van der Waals surface area contributed by atoms with E-state index in [-0.39, 0.29) is 11.7 Å². The maximum atomic E-state index is 6.00. The molecule has 0 bridgehead atoms. The quantitative estimate of drug-likeness (QED) is 0.569. The van der Waals surface area contributed by atoms with Crippen LogP contribution in [0.15, 0.2) is 6.20 Å². The van der Waals surface area contributed by atoms with Crippen LogP contribution in [-0.4, -0.2) is 15.9 Å². The predicted octanol–water partition coefficient (Wildman–Crippen LogP) is 3.75. The van der Waals surface area contributed by atoms with Gasteiger partial charge in [-0.25, -0.2) is 4.98 Å². The molecule has 5 heteroatoms. The summed E-state index contributed by atoms with van der Waals surface area (Å²) in [5.41, 5.74) is 0.00176. The van der Waals surface area contributed by atoms with Crippen LogP contribution in [0.5, 0.6) is 0 Å². The zero-order valence-corrected chi connectivity index (χ0v) is 12.4. The third kappa shape index (κ3) is 2.31. The molecule has 0 amide bonds. The third-order valence-electron chi connectivity index (χ3n) is 2.42. The maximum Gasteiger partial charge on any atom is 0.123 e. The highest BCUT2D eigenvalue weighted by Crippen LogP contribution is 2.41. The van der Waals surface area contributed by atoms with Crippen molar-refractivity contribution in [2.24, 2.45) is 0 Å². The zero-order valence-electron chi connectivity index (χ0n) is 7.80. The zero-order chi connectivity index (χ0) is 10.2. The number of hydrogen-bond acceptors (Lipinski definition) is 3. The van der Waals surface area contributed by atoms with Gasteiger partial charge < -0.3 is 4.74 Å². The minimum Gasteiger partial charge on any atom is -0.364 e. The number of nitrogens with zero attached hydrogens (tertiary/aromatic N) is 1. The molecule has 0 aromatic carbocycles. The lowest BCUT2D eigenvalue weighted by Crippen LogP contribution is -2.24. The maximum absolute atomic E-state index is 6.00. The molecule has 2 rings (SSSR count).